The first kappa shape index (κ1) is 13.7. The lowest BCUT2D eigenvalue weighted by molar-refractivity contribution is 0.414. The van der Waals surface area contributed by atoms with E-state index in [-0.39, 0.29) is 0 Å². The second-order valence-corrected chi connectivity index (χ2v) is 6.09. The molecule has 1 fully saturated rings. The van der Waals surface area contributed by atoms with Crippen LogP contribution in [-0.2, 0) is 0 Å². The number of methoxy groups -OCH3 is 1. The SMILES string of the molecule is CCCC(Nc1c(C)cc(Br)cc1OC)C1CC1. The quantitative estimate of drug-likeness (QED) is 0.818. The average Bonchev–Trinajstić information content (AvgIpc) is 3.15. The van der Waals surface area contributed by atoms with Crippen molar-refractivity contribution in [2.75, 3.05) is 12.4 Å². The number of rotatable bonds is 6. The van der Waals surface area contributed by atoms with Gasteiger partial charge in [-0.1, -0.05) is 29.3 Å². The summed E-state index contributed by atoms with van der Waals surface area (Å²) in [5, 5.41) is 3.71. The Hall–Kier alpha value is -0.700. The zero-order valence-corrected chi connectivity index (χ0v) is 13.0. The molecule has 0 aliphatic heterocycles. The fraction of sp³-hybridized carbons (Fsp3) is 0.600. The smallest absolute Gasteiger partial charge is 0.143 e. The fourth-order valence-electron chi connectivity index (χ4n) is 2.48. The van der Waals surface area contributed by atoms with E-state index < -0.39 is 0 Å². The summed E-state index contributed by atoms with van der Waals surface area (Å²) in [5.74, 6) is 1.79. The first-order chi connectivity index (χ1) is 8.65. The van der Waals surface area contributed by atoms with E-state index >= 15 is 0 Å². The Kier molecular flexibility index (Phi) is 4.55. The van der Waals surface area contributed by atoms with Crippen LogP contribution < -0.4 is 10.1 Å². The molecule has 1 aliphatic carbocycles. The third-order valence-electron chi connectivity index (χ3n) is 3.60. The van der Waals surface area contributed by atoms with Crippen LogP contribution in [0.1, 0.15) is 38.2 Å². The van der Waals surface area contributed by atoms with Crippen LogP contribution in [0.3, 0.4) is 0 Å². The predicted molar refractivity (Wildman–Crippen MR) is 80.5 cm³/mol. The zero-order chi connectivity index (χ0) is 13.1. The third-order valence-corrected chi connectivity index (χ3v) is 4.06. The van der Waals surface area contributed by atoms with Crippen molar-refractivity contribution in [3.8, 4) is 5.75 Å². The van der Waals surface area contributed by atoms with Crippen LogP contribution in [0.5, 0.6) is 5.75 Å². The molecule has 1 unspecified atom stereocenters. The van der Waals surface area contributed by atoms with Crippen LogP contribution >= 0.6 is 15.9 Å². The first-order valence-corrected chi connectivity index (χ1v) is 7.55. The van der Waals surface area contributed by atoms with Crippen LogP contribution in [0, 0.1) is 12.8 Å². The van der Waals surface area contributed by atoms with Crippen molar-refractivity contribution in [3.05, 3.63) is 22.2 Å². The lowest BCUT2D eigenvalue weighted by atomic mass is 10.1. The van der Waals surface area contributed by atoms with Crippen LogP contribution in [0.4, 0.5) is 5.69 Å². The van der Waals surface area contributed by atoms with Crippen LogP contribution in [0.2, 0.25) is 0 Å². The van der Waals surface area contributed by atoms with Gasteiger partial charge in [-0.3, -0.25) is 0 Å². The molecule has 1 N–H and O–H groups in total. The van der Waals surface area contributed by atoms with E-state index in [1.54, 1.807) is 7.11 Å². The Morgan fingerprint density at radius 1 is 1.44 bits per heavy atom. The van der Waals surface area contributed by atoms with Crippen molar-refractivity contribution >= 4 is 21.6 Å². The first-order valence-electron chi connectivity index (χ1n) is 6.76. The highest BCUT2D eigenvalue weighted by Gasteiger charge is 2.31. The maximum absolute atomic E-state index is 5.49. The van der Waals surface area contributed by atoms with E-state index in [9.17, 15) is 0 Å². The summed E-state index contributed by atoms with van der Waals surface area (Å²) in [5.41, 5.74) is 2.40. The molecule has 0 heterocycles. The molecule has 18 heavy (non-hydrogen) atoms. The number of anilines is 1. The van der Waals surface area contributed by atoms with Gasteiger partial charge in [-0.2, -0.15) is 0 Å². The van der Waals surface area contributed by atoms with Crippen LogP contribution in [-0.4, -0.2) is 13.2 Å². The van der Waals surface area contributed by atoms with Gasteiger partial charge in [0.05, 0.1) is 12.8 Å². The summed E-state index contributed by atoms with van der Waals surface area (Å²) < 4.78 is 6.56. The lowest BCUT2D eigenvalue weighted by Crippen LogP contribution is -2.22. The highest BCUT2D eigenvalue weighted by molar-refractivity contribution is 9.10. The molecule has 0 radical (unpaired) electrons. The van der Waals surface area contributed by atoms with Crippen LogP contribution in [0.15, 0.2) is 16.6 Å². The highest BCUT2D eigenvalue weighted by Crippen LogP contribution is 2.39. The van der Waals surface area contributed by atoms with Gasteiger partial charge in [0.15, 0.2) is 0 Å². The lowest BCUT2D eigenvalue weighted by Gasteiger charge is -2.22. The molecule has 2 rings (SSSR count). The monoisotopic (exact) mass is 311 g/mol. The predicted octanol–water partition coefficient (Wildman–Crippen LogP) is 4.76. The Bertz CT molecular complexity index is 415. The van der Waals surface area contributed by atoms with Gasteiger partial charge in [-0.05, 0) is 49.8 Å². The van der Waals surface area contributed by atoms with Gasteiger partial charge in [0.25, 0.3) is 0 Å². The molecule has 2 nitrogen and oxygen atoms in total. The van der Waals surface area contributed by atoms with Gasteiger partial charge >= 0.3 is 0 Å². The van der Waals surface area contributed by atoms with Gasteiger partial charge in [0.1, 0.15) is 5.75 Å². The molecular formula is C15H22BrNO. The number of aryl methyl sites for hydroxylation is 1. The minimum atomic E-state index is 0.601. The van der Waals surface area contributed by atoms with Crippen molar-refractivity contribution in [2.45, 2.75) is 45.6 Å². The Morgan fingerprint density at radius 2 is 2.17 bits per heavy atom. The van der Waals surface area contributed by atoms with Gasteiger partial charge in [0.2, 0.25) is 0 Å². The topological polar surface area (TPSA) is 21.3 Å². The van der Waals surface area contributed by atoms with E-state index in [1.807, 2.05) is 6.07 Å². The minimum absolute atomic E-state index is 0.601. The van der Waals surface area contributed by atoms with Crippen molar-refractivity contribution in [3.63, 3.8) is 0 Å². The molecule has 0 saturated heterocycles. The summed E-state index contributed by atoms with van der Waals surface area (Å²) >= 11 is 3.52. The standard InChI is InChI=1S/C15H22BrNO/c1-4-5-13(11-6-7-11)17-15-10(2)8-12(16)9-14(15)18-3/h8-9,11,13,17H,4-7H2,1-3H3. The minimum Gasteiger partial charge on any atom is -0.495 e. The largest absolute Gasteiger partial charge is 0.495 e. The third kappa shape index (κ3) is 3.19. The summed E-state index contributed by atoms with van der Waals surface area (Å²) in [7, 11) is 1.73. The number of hydrogen-bond donors (Lipinski definition) is 1. The van der Waals surface area contributed by atoms with E-state index in [4.69, 9.17) is 4.74 Å². The molecule has 0 bridgehead atoms. The molecule has 100 valence electrons. The summed E-state index contributed by atoms with van der Waals surface area (Å²) in [4.78, 5) is 0. The Morgan fingerprint density at radius 3 is 2.72 bits per heavy atom. The summed E-state index contributed by atoms with van der Waals surface area (Å²) in [6.45, 7) is 4.38. The second kappa shape index (κ2) is 5.96. The normalized spacial score (nSPS) is 16.4. The maximum Gasteiger partial charge on any atom is 0.143 e. The molecule has 0 aromatic heterocycles. The van der Waals surface area contributed by atoms with Gasteiger partial charge in [-0.15, -0.1) is 0 Å². The van der Waals surface area contributed by atoms with E-state index in [0.717, 1.165) is 21.8 Å². The van der Waals surface area contributed by atoms with Crippen molar-refractivity contribution in [1.29, 1.82) is 0 Å². The number of nitrogens with one attached hydrogen (secondary N) is 1. The summed E-state index contributed by atoms with van der Waals surface area (Å²) in [6.07, 6.45) is 5.21. The van der Waals surface area contributed by atoms with E-state index in [2.05, 4.69) is 41.2 Å². The van der Waals surface area contributed by atoms with E-state index in [0.29, 0.717) is 6.04 Å². The molecule has 1 aliphatic rings. The molecule has 1 aromatic carbocycles. The Labute approximate surface area is 118 Å². The highest BCUT2D eigenvalue weighted by atomic mass is 79.9. The average molecular weight is 312 g/mol. The maximum atomic E-state index is 5.49. The number of ether oxygens (including phenoxy) is 1. The number of halogens is 1. The fourth-order valence-corrected chi connectivity index (χ4v) is 3.03. The molecular weight excluding hydrogens is 290 g/mol. The number of hydrogen-bond acceptors (Lipinski definition) is 2. The van der Waals surface area contributed by atoms with Crippen molar-refractivity contribution in [2.24, 2.45) is 5.92 Å². The molecule has 0 amide bonds. The van der Waals surface area contributed by atoms with Gasteiger partial charge in [-0.25, -0.2) is 0 Å². The number of benzene rings is 1. The summed E-state index contributed by atoms with van der Waals surface area (Å²) in [6, 6.07) is 4.77. The molecule has 3 heteroatoms. The van der Waals surface area contributed by atoms with Crippen molar-refractivity contribution < 1.29 is 4.74 Å². The van der Waals surface area contributed by atoms with Crippen LogP contribution in [0.25, 0.3) is 0 Å². The van der Waals surface area contributed by atoms with Gasteiger partial charge in [0, 0.05) is 10.5 Å². The molecule has 1 aromatic rings. The van der Waals surface area contributed by atoms with E-state index in [1.165, 1.54) is 31.2 Å². The second-order valence-electron chi connectivity index (χ2n) is 5.18. The molecule has 1 atom stereocenters. The molecule has 0 spiro atoms. The van der Waals surface area contributed by atoms with Gasteiger partial charge < -0.3 is 10.1 Å². The zero-order valence-electron chi connectivity index (χ0n) is 11.4. The molecule has 1 saturated carbocycles. The Balaban J connectivity index is 2.20. The van der Waals surface area contributed by atoms with Crippen molar-refractivity contribution in [1.82, 2.24) is 0 Å².